The van der Waals surface area contributed by atoms with Gasteiger partial charge in [0.25, 0.3) is 5.91 Å². The zero-order valence-corrected chi connectivity index (χ0v) is 20.1. The molecule has 0 fully saturated rings. The molecule has 4 rings (SSSR count). The summed E-state index contributed by atoms with van der Waals surface area (Å²) in [6.45, 7) is 6.81. The van der Waals surface area contributed by atoms with Gasteiger partial charge >= 0.3 is 0 Å². The molecule has 1 N–H and O–H groups in total. The lowest BCUT2D eigenvalue weighted by Crippen LogP contribution is -2.41. The first-order valence-corrected chi connectivity index (χ1v) is 11.9. The lowest BCUT2D eigenvalue weighted by Gasteiger charge is -2.38. The van der Waals surface area contributed by atoms with Crippen LogP contribution < -0.4 is 10.1 Å². The lowest BCUT2D eigenvalue weighted by molar-refractivity contribution is -0.134. The van der Waals surface area contributed by atoms with Crippen LogP contribution in [0.1, 0.15) is 48.6 Å². The molecule has 3 aromatic carbocycles. The van der Waals surface area contributed by atoms with Crippen molar-refractivity contribution in [2.45, 2.75) is 39.7 Å². The molecule has 176 valence electrons. The average Bonchev–Trinajstić information content (AvgIpc) is 2.82. The summed E-state index contributed by atoms with van der Waals surface area (Å²) < 4.78 is 5.85. The fraction of sp³-hybridized carbons (Fsp3) is 0.310. The van der Waals surface area contributed by atoms with Crippen molar-refractivity contribution >= 4 is 17.5 Å². The Morgan fingerprint density at radius 2 is 1.76 bits per heavy atom. The number of carbonyl (C=O) groups excluding carboxylic acids is 2. The molecule has 5 heteroatoms. The average molecular weight is 457 g/mol. The molecular weight excluding hydrogens is 424 g/mol. The number of nitrogens with zero attached hydrogens (tertiary/aromatic N) is 1. The predicted molar refractivity (Wildman–Crippen MR) is 135 cm³/mol. The number of anilines is 1. The molecular formula is C29H32N2O3. The third-order valence-electron chi connectivity index (χ3n) is 6.07. The number of fused-ring (bicyclic) bond motifs is 1. The first-order chi connectivity index (χ1) is 16.4. The van der Waals surface area contributed by atoms with E-state index >= 15 is 0 Å². The Labute approximate surface area is 201 Å². The van der Waals surface area contributed by atoms with Crippen molar-refractivity contribution in [1.29, 1.82) is 0 Å². The van der Waals surface area contributed by atoms with Crippen LogP contribution in [0.15, 0.2) is 72.8 Å². The first kappa shape index (κ1) is 23.6. The summed E-state index contributed by atoms with van der Waals surface area (Å²) in [4.78, 5) is 27.5. The topological polar surface area (TPSA) is 58.6 Å². The number of hydrogen-bond donors (Lipinski definition) is 1. The van der Waals surface area contributed by atoms with Gasteiger partial charge in [0.05, 0.1) is 6.04 Å². The van der Waals surface area contributed by atoms with Gasteiger partial charge in [0, 0.05) is 18.7 Å². The number of nitrogens with one attached hydrogen (secondary N) is 1. The van der Waals surface area contributed by atoms with E-state index < -0.39 is 0 Å². The van der Waals surface area contributed by atoms with Gasteiger partial charge in [-0.3, -0.25) is 9.59 Å². The second kappa shape index (κ2) is 10.6. The Balaban J connectivity index is 1.58. The van der Waals surface area contributed by atoms with E-state index in [2.05, 4.69) is 56.4 Å². The maximum atomic E-state index is 13.2. The summed E-state index contributed by atoms with van der Waals surface area (Å²) >= 11 is 0. The van der Waals surface area contributed by atoms with Crippen molar-refractivity contribution in [2.75, 3.05) is 18.5 Å². The Bertz CT molecular complexity index is 1140. The minimum Gasteiger partial charge on any atom is -0.484 e. The summed E-state index contributed by atoms with van der Waals surface area (Å²) in [7, 11) is 0. The minimum absolute atomic E-state index is 0.0845. The highest BCUT2D eigenvalue weighted by Crippen LogP contribution is 2.38. The number of ether oxygens (including phenoxy) is 1. The second-order valence-corrected chi connectivity index (χ2v) is 9.31. The first-order valence-electron chi connectivity index (χ1n) is 11.9. The molecule has 1 atom stereocenters. The second-order valence-electron chi connectivity index (χ2n) is 9.31. The highest BCUT2D eigenvalue weighted by Gasteiger charge is 2.32. The van der Waals surface area contributed by atoms with E-state index in [1.54, 1.807) is 0 Å². The zero-order chi connectivity index (χ0) is 24.1. The maximum Gasteiger partial charge on any atom is 0.262 e. The molecule has 0 bridgehead atoms. The van der Waals surface area contributed by atoms with Gasteiger partial charge in [0.2, 0.25) is 5.91 Å². The molecule has 0 spiro atoms. The van der Waals surface area contributed by atoms with Crippen LogP contribution in [0, 0.1) is 12.8 Å². The van der Waals surface area contributed by atoms with E-state index in [1.165, 1.54) is 11.1 Å². The van der Waals surface area contributed by atoms with Crippen LogP contribution in [0.3, 0.4) is 0 Å². The molecule has 1 aliphatic rings. The molecule has 0 aliphatic carbocycles. The van der Waals surface area contributed by atoms with Crippen LogP contribution in [0.4, 0.5) is 5.69 Å². The highest BCUT2D eigenvalue weighted by molar-refractivity contribution is 5.91. The molecule has 0 saturated carbocycles. The van der Waals surface area contributed by atoms with Crippen LogP contribution in [-0.2, 0) is 16.0 Å². The van der Waals surface area contributed by atoms with Crippen molar-refractivity contribution in [3.8, 4) is 5.75 Å². The number of benzene rings is 3. The van der Waals surface area contributed by atoms with Crippen LogP contribution in [0.2, 0.25) is 0 Å². The van der Waals surface area contributed by atoms with E-state index in [-0.39, 0.29) is 24.5 Å². The molecule has 2 amide bonds. The largest absolute Gasteiger partial charge is 0.484 e. The fourth-order valence-electron chi connectivity index (χ4n) is 4.39. The smallest absolute Gasteiger partial charge is 0.262 e. The van der Waals surface area contributed by atoms with E-state index in [1.807, 2.05) is 47.4 Å². The number of carbonyl (C=O) groups is 2. The molecule has 0 radical (unpaired) electrons. The molecule has 0 saturated heterocycles. The SMILES string of the molecule is Cc1ccc(C2c3cc(OCC(=O)Nc4ccccc4)ccc3CCN2C(=O)CC(C)C)cc1. The third-order valence-corrected chi connectivity index (χ3v) is 6.07. The van der Waals surface area contributed by atoms with Crippen LogP contribution in [0.5, 0.6) is 5.75 Å². The zero-order valence-electron chi connectivity index (χ0n) is 20.1. The van der Waals surface area contributed by atoms with Crippen LogP contribution in [-0.4, -0.2) is 29.9 Å². The minimum atomic E-state index is -0.215. The predicted octanol–water partition coefficient (Wildman–Crippen LogP) is 5.53. The summed E-state index contributed by atoms with van der Waals surface area (Å²) in [5.41, 5.74) is 5.28. The van der Waals surface area contributed by atoms with E-state index in [0.717, 1.165) is 23.2 Å². The fourth-order valence-corrected chi connectivity index (χ4v) is 4.39. The lowest BCUT2D eigenvalue weighted by atomic mass is 9.87. The maximum absolute atomic E-state index is 13.2. The van der Waals surface area contributed by atoms with E-state index in [0.29, 0.717) is 24.6 Å². The number of para-hydroxylation sites is 1. The van der Waals surface area contributed by atoms with Gasteiger partial charge in [-0.2, -0.15) is 0 Å². The monoisotopic (exact) mass is 456 g/mol. The van der Waals surface area contributed by atoms with Gasteiger partial charge in [0.15, 0.2) is 6.61 Å². The molecule has 34 heavy (non-hydrogen) atoms. The Morgan fingerprint density at radius 1 is 1.03 bits per heavy atom. The Morgan fingerprint density at radius 3 is 2.47 bits per heavy atom. The number of rotatable bonds is 7. The van der Waals surface area contributed by atoms with E-state index in [9.17, 15) is 9.59 Å². The standard InChI is InChI=1S/C29H32N2O3/c1-20(2)17-28(33)31-16-15-22-13-14-25(34-19-27(32)30-24-7-5-4-6-8-24)18-26(22)29(31)23-11-9-21(3)10-12-23/h4-14,18,20,29H,15-17,19H2,1-3H3,(H,30,32). The van der Waals surface area contributed by atoms with E-state index in [4.69, 9.17) is 4.74 Å². The van der Waals surface area contributed by atoms with Gasteiger partial charge in [-0.05, 0) is 60.2 Å². The van der Waals surface area contributed by atoms with Gasteiger partial charge in [0.1, 0.15) is 5.75 Å². The normalized spacial score (nSPS) is 15.1. The third kappa shape index (κ3) is 5.66. The van der Waals surface area contributed by atoms with Crippen LogP contribution in [0.25, 0.3) is 0 Å². The highest BCUT2D eigenvalue weighted by atomic mass is 16.5. The molecule has 5 nitrogen and oxygen atoms in total. The summed E-state index contributed by atoms with van der Waals surface area (Å²) in [5.74, 6) is 0.870. The number of hydrogen-bond acceptors (Lipinski definition) is 3. The summed E-state index contributed by atoms with van der Waals surface area (Å²) in [6.07, 6.45) is 1.32. The summed E-state index contributed by atoms with van der Waals surface area (Å²) in [6, 6.07) is 23.5. The number of aryl methyl sites for hydroxylation is 1. The molecule has 1 heterocycles. The van der Waals surface area contributed by atoms with Crippen LogP contribution >= 0.6 is 0 Å². The van der Waals surface area contributed by atoms with Gasteiger partial charge in [-0.1, -0.05) is 67.9 Å². The summed E-state index contributed by atoms with van der Waals surface area (Å²) in [5, 5.41) is 2.84. The Kier molecular flexibility index (Phi) is 7.31. The van der Waals surface area contributed by atoms with Crippen molar-refractivity contribution < 1.29 is 14.3 Å². The van der Waals surface area contributed by atoms with Crippen molar-refractivity contribution in [1.82, 2.24) is 4.90 Å². The molecule has 3 aromatic rings. The van der Waals surface area contributed by atoms with Gasteiger partial charge < -0.3 is 15.0 Å². The van der Waals surface area contributed by atoms with Crippen molar-refractivity contribution in [2.24, 2.45) is 5.92 Å². The molecule has 1 unspecified atom stereocenters. The molecule has 1 aliphatic heterocycles. The Hall–Kier alpha value is -3.60. The number of amides is 2. The molecule has 0 aromatic heterocycles. The van der Waals surface area contributed by atoms with Crippen molar-refractivity contribution in [3.05, 3.63) is 95.1 Å². The van der Waals surface area contributed by atoms with Gasteiger partial charge in [-0.15, -0.1) is 0 Å². The quantitative estimate of drug-likeness (QED) is 0.508. The van der Waals surface area contributed by atoms with Gasteiger partial charge in [-0.25, -0.2) is 0 Å². The van der Waals surface area contributed by atoms with Crippen molar-refractivity contribution in [3.63, 3.8) is 0 Å².